The summed E-state index contributed by atoms with van der Waals surface area (Å²) in [5.41, 5.74) is 1.61. The van der Waals surface area contributed by atoms with Crippen LogP contribution >= 0.6 is 11.8 Å². The number of rotatable bonds is 3. The molecule has 0 spiro atoms. The molecule has 1 saturated heterocycles. The van der Waals surface area contributed by atoms with E-state index in [1.807, 2.05) is 17.0 Å². The maximum atomic E-state index is 12.2. The predicted octanol–water partition coefficient (Wildman–Crippen LogP) is 2.45. The topological polar surface area (TPSA) is 61.9 Å². The molecule has 2 aromatic heterocycles. The Labute approximate surface area is 122 Å². The molecule has 6 heteroatoms. The molecule has 1 atom stereocenters. The van der Waals surface area contributed by atoms with Crippen molar-refractivity contribution in [2.45, 2.75) is 37.4 Å². The zero-order valence-corrected chi connectivity index (χ0v) is 12.3. The summed E-state index contributed by atoms with van der Waals surface area (Å²) < 4.78 is 0. The maximum Gasteiger partial charge on any atom is 0.233 e. The molecule has 1 fully saturated rings. The lowest BCUT2D eigenvalue weighted by atomic mass is 10.0. The number of carbonyl (C=O) groups is 1. The van der Waals surface area contributed by atoms with Crippen molar-refractivity contribution >= 4 is 28.8 Å². The summed E-state index contributed by atoms with van der Waals surface area (Å²) in [4.78, 5) is 26.0. The first-order valence-electron chi connectivity index (χ1n) is 6.97. The second-order valence-electron chi connectivity index (χ2n) is 5.14. The highest BCUT2D eigenvalue weighted by Gasteiger charge is 2.23. The molecule has 1 amide bonds. The molecule has 0 bridgehead atoms. The molecule has 2 aromatic rings. The molecular formula is C14H18N4OS. The van der Waals surface area contributed by atoms with Crippen LogP contribution in [-0.4, -0.2) is 44.1 Å². The number of aromatic amines is 1. The molecular weight excluding hydrogens is 272 g/mol. The zero-order chi connectivity index (χ0) is 13.9. The summed E-state index contributed by atoms with van der Waals surface area (Å²) in [6.07, 6.45) is 5.19. The van der Waals surface area contributed by atoms with Gasteiger partial charge in [0.05, 0.1) is 11.3 Å². The SMILES string of the molecule is C[C@H]1CCCCN1C(=O)CSc1nc2ncccc2[nH]1. The first-order valence-corrected chi connectivity index (χ1v) is 7.95. The third-order valence-electron chi connectivity index (χ3n) is 3.69. The summed E-state index contributed by atoms with van der Waals surface area (Å²) in [5.74, 6) is 0.639. The van der Waals surface area contributed by atoms with Gasteiger partial charge in [0.15, 0.2) is 10.8 Å². The Morgan fingerprint density at radius 2 is 2.45 bits per heavy atom. The van der Waals surface area contributed by atoms with E-state index in [4.69, 9.17) is 0 Å². The van der Waals surface area contributed by atoms with Crippen molar-refractivity contribution in [2.75, 3.05) is 12.3 Å². The van der Waals surface area contributed by atoms with Crippen molar-refractivity contribution < 1.29 is 4.79 Å². The van der Waals surface area contributed by atoms with Crippen LogP contribution in [0.2, 0.25) is 0 Å². The monoisotopic (exact) mass is 290 g/mol. The molecule has 20 heavy (non-hydrogen) atoms. The van der Waals surface area contributed by atoms with E-state index in [0.717, 1.165) is 30.1 Å². The van der Waals surface area contributed by atoms with Gasteiger partial charge in [0.1, 0.15) is 0 Å². The predicted molar refractivity (Wildman–Crippen MR) is 79.6 cm³/mol. The van der Waals surface area contributed by atoms with Crippen LogP contribution < -0.4 is 0 Å². The van der Waals surface area contributed by atoms with Crippen molar-refractivity contribution in [1.29, 1.82) is 0 Å². The van der Waals surface area contributed by atoms with Gasteiger partial charge >= 0.3 is 0 Å². The van der Waals surface area contributed by atoms with E-state index in [2.05, 4.69) is 21.9 Å². The average molecular weight is 290 g/mol. The molecule has 1 aliphatic heterocycles. The Hall–Kier alpha value is -1.56. The van der Waals surface area contributed by atoms with Crippen molar-refractivity contribution in [3.05, 3.63) is 18.3 Å². The fourth-order valence-electron chi connectivity index (χ4n) is 2.57. The minimum atomic E-state index is 0.204. The van der Waals surface area contributed by atoms with Gasteiger partial charge in [-0.05, 0) is 38.3 Å². The number of carbonyl (C=O) groups excluding carboxylic acids is 1. The molecule has 1 aliphatic rings. The number of thioether (sulfide) groups is 1. The summed E-state index contributed by atoms with van der Waals surface area (Å²) in [5, 5.41) is 0.761. The van der Waals surface area contributed by atoms with Gasteiger partial charge in [-0.1, -0.05) is 11.8 Å². The van der Waals surface area contributed by atoms with Gasteiger partial charge in [-0.3, -0.25) is 4.79 Å². The standard InChI is InChI=1S/C14H18N4OS/c1-10-5-2-3-8-18(10)12(19)9-20-14-16-11-6-4-7-15-13(11)17-14/h4,6-7,10H,2-3,5,8-9H2,1H3,(H,15,16,17)/t10-/m0/s1. The lowest BCUT2D eigenvalue weighted by Crippen LogP contribution is -2.42. The van der Waals surface area contributed by atoms with E-state index in [9.17, 15) is 4.79 Å². The Kier molecular flexibility index (Phi) is 3.91. The number of piperidine rings is 1. The van der Waals surface area contributed by atoms with Crippen LogP contribution in [0.25, 0.3) is 11.2 Å². The Morgan fingerprint density at radius 1 is 1.55 bits per heavy atom. The third-order valence-corrected chi connectivity index (χ3v) is 4.55. The number of fused-ring (bicyclic) bond motifs is 1. The van der Waals surface area contributed by atoms with Gasteiger partial charge in [0.2, 0.25) is 5.91 Å². The summed E-state index contributed by atoms with van der Waals surface area (Å²) >= 11 is 1.45. The van der Waals surface area contributed by atoms with E-state index < -0.39 is 0 Å². The minimum Gasteiger partial charge on any atom is -0.339 e. The van der Waals surface area contributed by atoms with Gasteiger partial charge in [-0.15, -0.1) is 0 Å². The number of hydrogen-bond acceptors (Lipinski definition) is 4. The molecule has 0 saturated carbocycles. The van der Waals surface area contributed by atoms with Gasteiger partial charge in [0, 0.05) is 18.8 Å². The molecule has 0 radical (unpaired) electrons. The number of likely N-dealkylation sites (tertiary alicyclic amines) is 1. The third kappa shape index (κ3) is 2.80. The number of H-pyrrole nitrogens is 1. The summed E-state index contributed by atoms with van der Waals surface area (Å²) in [7, 11) is 0. The smallest absolute Gasteiger partial charge is 0.233 e. The van der Waals surface area contributed by atoms with Gasteiger partial charge in [-0.2, -0.15) is 0 Å². The maximum absolute atomic E-state index is 12.2. The van der Waals surface area contributed by atoms with Crippen molar-refractivity contribution in [3.8, 4) is 0 Å². The van der Waals surface area contributed by atoms with E-state index in [-0.39, 0.29) is 5.91 Å². The van der Waals surface area contributed by atoms with Crippen LogP contribution in [0.15, 0.2) is 23.5 Å². The van der Waals surface area contributed by atoms with Crippen molar-refractivity contribution in [3.63, 3.8) is 0 Å². The highest BCUT2D eigenvalue weighted by Crippen LogP contribution is 2.21. The molecule has 0 unspecified atom stereocenters. The number of amides is 1. The van der Waals surface area contributed by atoms with Crippen molar-refractivity contribution in [1.82, 2.24) is 19.9 Å². The number of hydrogen-bond donors (Lipinski definition) is 1. The van der Waals surface area contributed by atoms with E-state index in [1.165, 1.54) is 18.2 Å². The second kappa shape index (κ2) is 5.83. The highest BCUT2D eigenvalue weighted by atomic mass is 32.2. The Bertz CT molecular complexity index is 579. The van der Waals surface area contributed by atoms with E-state index in [0.29, 0.717) is 17.4 Å². The van der Waals surface area contributed by atoms with E-state index in [1.54, 1.807) is 6.20 Å². The molecule has 106 valence electrons. The van der Waals surface area contributed by atoms with Gasteiger partial charge in [-0.25, -0.2) is 9.97 Å². The Morgan fingerprint density at radius 3 is 3.25 bits per heavy atom. The van der Waals surface area contributed by atoms with Gasteiger partial charge < -0.3 is 9.88 Å². The number of aromatic nitrogens is 3. The van der Waals surface area contributed by atoms with Crippen LogP contribution in [0.1, 0.15) is 26.2 Å². The molecule has 1 N–H and O–H groups in total. The Balaban J connectivity index is 1.62. The quantitative estimate of drug-likeness (QED) is 0.882. The lowest BCUT2D eigenvalue weighted by Gasteiger charge is -2.33. The first-order chi connectivity index (χ1) is 9.74. The summed E-state index contributed by atoms with van der Waals surface area (Å²) in [6, 6.07) is 4.18. The van der Waals surface area contributed by atoms with Crippen molar-refractivity contribution in [2.24, 2.45) is 0 Å². The second-order valence-corrected chi connectivity index (χ2v) is 6.10. The number of nitrogens with one attached hydrogen (secondary N) is 1. The summed E-state index contributed by atoms with van der Waals surface area (Å²) in [6.45, 7) is 3.02. The molecule has 0 aliphatic carbocycles. The highest BCUT2D eigenvalue weighted by molar-refractivity contribution is 7.99. The number of nitrogens with zero attached hydrogens (tertiary/aromatic N) is 3. The fourth-order valence-corrected chi connectivity index (χ4v) is 3.33. The minimum absolute atomic E-state index is 0.204. The lowest BCUT2D eigenvalue weighted by molar-refractivity contribution is -0.131. The molecule has 3 heterocycles. The average Bonchev–Trinajstić information content (AvgIpc) is 2.88. The van der Waals surface area contributed by atoms with Crippen LogP contribution in [0.3, 0.4) is 0 Å². The van der Waals surface area contributed by atoms with Gasteiger partial charge in [0.25, 0.3) is 0 Å². The van der Waals surface area contributed by atoms with Crippen LogP contribution in [0.5, 0.6) is 0 Å². The largest absolute Gasteiger partial charge is 0.339 e. The van der Waals surface area contributed by atoms with Crippen LogP contribution in [0.4, 0.5) is 0 Å². The fraction of sp³-hybridized carbons (Fsp3) is 0.500. The van der Waals surface area contributed by atoms with E-state index >= 15 is 0 Å². The number of pyridine rings is 1. The number of imidazole rings is 1. The molecule has 5 nitrogen and oxygen atoms in total. The van der Waals surface area contributed by atoms with Crippen LogP contribution in [0, 0.1) is 0 Å². The first kappa shape index (κ1) is 13.4. The molecule has 3 rings (SSSR count). The molecule has 0 aromatic carbocycles. The van der Waals surface area contributed by atoms with Crippen LogP contribution in [-0.2, 0) is 4.79 Å². The zero-order valence-electron chi connectivity index (χ0n) is 11.5. The normalized spacial score (nSPS) is 19.4.